The van der Waals surface area contributed by atoms with Gasteiger partial charge in [0, 0.05) is 30.6 Å². The number of carbonyl (C=O) groups excluding carboxylic acids is 1. The van der Waals surface area contributed by atoms with Gasteiger partial charge in [0.1, 0.15) is 0 Å². The summed E-state index contributed by atoms with van der Waals surface area (Å²) < 4.78 is 37.0. The molecule has 0 aromatic carbocycles. The molecule has 1 aliphatic rings. The smallest absolute Gasteiger partial charge is 0.339 e. The molecule has 0 spiro atoms. The summed E-state index contributed by atoms with van der Waals surface area (Å²) in [4.78, 5) is 13.1. The van der Waals surface area contributed by atoms with Gasteiger partial charge in [-0.2, -0.15) is 13.2 Å². The molecule has 0 fully saturated rings. The Labute approximate surface area is 98.5 Å². The minimum atomic E-state index is -4.28. The normalized spacial score (nSPS) is 18.0. The number of halogens is 3. The molecule has 2 N–H and O–H groups in total. The van der Waals surface area contributed by atoms with Gasteiger partial charge in [0.25, 0.3) is 0 Å². The first kappa shape index (κ1) is 14.0. The Bertz CT molecular complexity index is 329. The Kier molecular flexibility index (Phi) is 3.86. The summed E-state index contributed by atoms with van der Waals surface area (Å²) in [6.45, 7) is 3.56. The van der Waals surface area contributed by atoms with Gasteiger partial charge in [0.05, 0.1) is 0 Å². The summed E-state index contributed by atoms with van der Waals surface area (Å²) >= 11 is 0. The van der Waals surface area contributed by atoms with Crippen molar-refractivity contribution >= 4 is 5.91 Å². The van der Waals surface area contributed by atoms with E-state index in [0.717, 1.165) is 6.08 Å². The quantitative estimate of drug-likeness (QED) is 0.760. The Hall–Kier alpha value is -1.04. The van der Waals surface area contributed by atoms with Crippen molar-refractivity contribution in [3.63, 3.8) is 0 Å². The summed E-state index contributed by atoms with van der Waals surface area (Å²) in [5.41, 5.74) is 4.52. The fourth-order valence-corrected chi connectivity index (χ4v) is 1.65. The van der Waals surface area contributed by atoms with Crippen LogP contribution < -0.4 is 5.73 Å². The van der Waals surface area contributed by atoms with Crippen molar-refractivity contribution in [2.45, 2.75) is 38.4 Å². The average molecular weight is 250 g/mol. The molecule has 0 aromatic heterocycles. The van der Waals surface area contributed by atoms with Crippen molar-refractivity contribution in [2.24, 2.45) is 5.73 Å². The fraction of sp³-hybridized carbons (Fsp3) is 0.727. The van der Waals surface area contributed by atoms with Gasteiger partial charge in [-0.1, -0.05) is 6.08 Å². The van der Waals surface area contributed by atoms with Gasteiger partial charge in [-0.05, 0) is 20.3 Å². The molecule has 0 bridgehead atoms. The van der Waals surface area contributed by atoms with E-state index in [9.17, 15) is 18.0 Å². The highest BCUT2D eigenvalue weighted by molar-refractivity contribution is 5.77. The number of carbonyl (C=O) groups is 1. The second-order valence-corrected chi connectivity index (χ2v) is 4.98. The summed E-state index contributed by atoms with van der Waals surface area (Å²) in [7, 11) is 0. The van der Waals surface area contributed by atoms with Crippen molar-refractivity contribution in [1.82, 2.24) is 4.90 Å². The minimum absolute atomic E-state index is 0.0176. The molecule has 98 valence electrons. The van der Waals surface area contributed by atoms with Crippen molar-refractivity contribution in [3.8, 4) is 0 Å². The van der Waals surface area contributed by atoms with Crippen molar-refractivity contribution in [3.05, 3.63) is 11.6 Å². The number of nitrogens with two attached hydrogens (primary N) is 1. The highest BCUT2D eigenvalue weighted by Crippen LogP contribution is 2.30. The average Bonchev–Trinajstić information content (AvgIpc) is 2.14. The van der Waals surface area contributed by atoms with Gasteiger partial charge in [-0.25, -0.2) is 0 Å². The number of rotatable bonds is 2. The van der Waals surface area contributed by atoms with Gasteiger partial charge in [0.15, 0.2) is 0 Å². The third kappa shape index (κ3) is 4.38. The van der Waals surface area contributed by atoms with Gasteiger partial charge in [-0.3, -0.25) is 4.79 Å². The third-order valence-corrected chi connectivity index (χ3v) is 2.53. The molecule has 17 heavy (non-hydrogen) atoms. The van der Waals surface area contributed by atoms with Crippen molar-refractivity contribution in [2.75, 3.05) is 13.1 Å². The Morgan fingerprint density at radius 1 is 1.47 bits per heavy atom. The maximum Gasteiger partial charge on any atom is 0.412 e. The van der Waals surface area contributed by atoms with Crippen LogP contribution in [0.3, 0.4) is 0 Å². The molecule has 0 saturated carbocycles. The van der Waals surface area contributed by atoms with E-state index in [1.165, 1.54) is 4.90 Å². The number of hydrogen-bond donors (Lipinski definition) is 1. The largest absolute Gasteiger partial charge is 0.412 e. The highest BCUT2D eigenvalue weighted by atomic mass is 19.4. The maximum absolute atomic E-state index is 12.3. The van der Waals surface area contributed by atoms with Crippen LogP contribution in [0.5, 0.6) is 0 Å². The Balaban J connectivity index is 2.58. The lowest BCUT2D eigenvalue weighted by Crippen LogP contribution is -2.43. The first-order chi connectivity index (χ1) is 7.59. The summed E-state index contributed by atoms with van der Waals surface area (Å²) in [6.07, 6.45) is -3.20. The number of nitrogens with zero attached hydrogens (tertiary/aromatic N) is 1. The van der Waals surface area contributed by atoms with Gasteiger partial charge < -0.3 is 10.6 Å². The lowest BCUT2D eigenvalue weighted by atomic mass is 10.0. The van der Waals surface area contributed by atoms with E-state index in [2.05, 4.69) is 0 Å². The lowest BCUT2D eigenvalue weighted by Gasteiger charge is -2.29. The minimum Gasteiger partial charge on any atom is -0.339 e. The van der Waals surface area contributed by atoms with E-state index in [-0.39, 0.29) is 31.8 Å². The molecule has 0 aromatic rings. The Morgan fingerprint density at radius 2 is 2.06 bits per heavy atom. The second-order valence-electron chi connectivity index (χ2n) is 4.98. The third-order valence-electron chi connectivity index (χ3n) is 2.53. The van der Waals surface area contributed by atoms with Crippen LogP contribution in [0.1, 0.15) is 26.7 Å². The molecule has 6 heteroatoms. The van der Waals surface area contributed by atoms with Gasteiger partial charge in [0.2, 0.25) is 5.91 Å². The van der Waals surface area contributed by atoms with Crippen LogP contribution >= 0.6 is 0 Å². The van der Waals surface area contributed by atoms with Crippen LogP contribution in [-0.2, 0) is 4.79 Å². The monoisotopic (exact) mass is 250 g/mol. The summed E-state index contributed by atoms with van der Waals surface area (Å²) in [5.74, 6) is -0.199. The van der Waals surface area contributed by atoms with Gasteiger partial charge in [-0.15, -0.1) is 0 Å². The fourth-order valence-electron chi connectivity index (χ4n) is 1.65. The van der Waals surface area contributed by atoms with E-state index in [0.29, 0.717) is 0 Å². The Morgan fingerprint density at radius 3 is 2.41 bits per heavy atom. The van der Waals surface area contributed by atoms with E-state index in [1.807, 2.05) is 0 Å². The molecular weight excluding hydrogens is 233 g/mol. The van der Waals surface area contributed by atoms with Crippen LogP contribution in [0.4, 0.5) is 13.2 Å². The van der Waals surface area contributed by atoms with Crippen LogP contribution in [0.25, 0.3) is 0 Å². The molecular formula is C11H17F3N2O. The summed E-state index contributed by atoms with van der Waals surface area (Å²) in [5, 5.41) is 0. The van der Waals surface area contributed by atoms with E-state index < -0.39 is 17.3 Å². The van der Waals surface area contributed by atoms with Crippen molar-refractivity contribution < 1.29 is 18.0 Å². The molecule has 0 atom stereocenters. The van der Waals surface area contributed by atoms with Gasteiger partial charge >= 0.3 is 6.18 Å². The maximum atomic E-state index is 12.3. The van der Waals surface area contributed by atoms with E-state index >= 15 is 0 Å². The summed E-state index contributed by atoms with van der Waals surface area (Å²) in [6, 6.07) is 0. The second kappa shape index (κ2) is 4.68. The molecule has 1 heterocycles. The van der Waals surface area contributed by atoms with E-state index in [1.54, 1.807) is 13.8 Å². The van der Waals surface area contributed by atoms with Crippen LogP contribution in [-0.4, -0.2) is 35.6 Å². The predicted molar refractivity (Wildman–Crippen MR) is 58.2 cm³/mol. The topological polar surface area (TPSA) is 46.3 Å². The van der Waals surface area contributed by atoms with Crippen LogP contribution in [0.15, 0.2) is 11.6 Å². The molecule has 1 rings (SSSR count). The zero-order valence-electron chi connectivity index (χ0n) is 9.97. The van der Waals surface area contributed by atoms with E-state index in [4.69, 9.17) is 5.73 Å². The first-order valence-corrected chi connectivity index (χ1v) is 5.42. The zero-order valence-corrected chi connectivity index (χ0v) is 9.97. The number of amides is 1. The SMILES string of the molecule is CC(C)(N)CC(=O)N1CC=C(C(F)(F)F)CC1. The highest BCUT2D eigenvalue weighted by Gasteiger charge is 2.35. The molecule has 1 amide bonds. The molecule has 1 aliphatic heterocycles. The lowest BCUT2D eigenvalue weighted by molar-refractivity contribution is -0.133. The molecule has 0 radical (unpaired) electrons. The van der Waals surface area contributed by atoms with Crippen LogP contribution in [0.2, 0.25) is 0 Å². The van der Waals surface area contributed by atoms with Crippen LogP contribution in [0, 0.1) is 0 Å². The number of alkyl halides is 3. The molecule has 0 saturated heterocycles. The predicted octanol–water partition coefficient (Wildman–Crippen LogP) is 1.83. The first-order valence-electron chi connectivity index (χ1n) is 5.42. The van der Waals surface area contributed by atoms with Crippen molar-refractivity contribution in [1.29, 1.82) is 0 Å². The molecule has 0 unspecified atom stereocenters. The molecule has 3 nitrogen and oxygen atoms in total. The molecule has 0 aliphatic carbocycles. The standard InChI is InChI=1S/C11H17F3N2O/c1-10(2,15)7-9(17)16-5-3-8(4-6-16)11(12,13)14/h3H,4-7,15H2,1-2H3. The number of hydrogen-bond acceptors (Lipinski definition) is 2. The zero-order chi connectivity index (χ0) is 13.3.